The molecule has 3 fully saturated rings. The van der Waals surface area contributed by atoms with Crippen LogP contribution in [0.5, 0.6) is 0 Å². The Labute approximate surface area is 197 Å². The van der Waals surface area contributed by atoms with Crippen LogP contribution in [0.3, 0.4) is 0 Å². The van der Waals surface area contributed by atoms with Gasteiger partial charge in [0.15, 0.2) is 5.78 Å². The van der Waals surface area contributed by atoms with Crippen molar-refractivity contribution in [3.63, 3.8) is 0 Å². The van der Waals surface area contributed by atoms with Crippen LogP contribution in [-0.4, -0.2) is 36.5 Å². The minimum Gasteiger partial charge on any atom is -0.390 e. The zero-order valence-corrected chi connectivity index (χ0v) is 20.5. The number of rotatable bonds is 7. The number of aliphatic hydroxyl groups is 1. The molecule has 0 radical (unpaired) electrons. The van der Waals surface area contributed by atoms with Gasteiger partial charge in [0.1, 0.15) is 12.1 Å². The Morgan fingerprint density at radius 2 is 2.09 bits per heavy atom. The largest absolute Gasteiger partial charge is 0.390 e. The van der Waals surface area contributed by atoms with Crippen LogP contribution >= 0.6 is 0 Å². The lowest BCUT2D eigenvalue weighted by molar-refractivity contribution is -0.130. The standard InChI is InChI=1S/C27H40N4O2/c1-4-26(2,33)14-12-18-7-5-8-20-19(18)13-15-27(3)21(20)10-11-22(27)24(32)17-31-23-9-6-16-28-25(23)29-30-31/h6,9,16,18-22,33H,4-5,7-8,10-15,17H2,1-3H3/t18-,19-,20-,21+,22-,26?,27+/m1/s1. The first kappa shape index (κ1) is 22.9. The van der Waals surface area contributed by atoms with Gasteiger partial charge in [0, 0.05) is 12.1 Å². The summed E-state index contributed by atoms with van der Waals surface area (Å²) in [6.45, 7) is 6.80. The van der Waals surface area contributed by atoms with E-state index < -0.39 is 5.60 Å². The SMILES string of the molecule is CCC(C)(O)CC[C@H]1CCC[C@@H]2[C@@H]1CC[C@]1(C)[C@@H](C(=O)Cn3nnc4ncccc43)CC[C@@H]21. The maximum atomic E-state index is 13.5. The lowest BCUT2D eigenvalue weighted by Gasteiger charge is -2.53. The first-order valence-electron chi connectivity index (χ1n) is 13.2. The zero-order valence-electron chi connectivity index (χ0n) is 20.5. The van der Waals surface area contributed by atoms with E-state index in [1.54, 1.807) is 10.9 Å². The van der Waals surface area contributed by atoms with Crippen molar-refractivity contribution >= 4 is 16.9 Å². The van der Waals surface area contributed by atoms with Crippen LogP contribution in [0.25, 0.3) is 11.2 Å². The summed E-state index contributed by atoms with van der Waals surface area (Å²) in [6.07, 6.45) is 13.2. The van der Waals surface area contributed by atoms with Crippen LogP contribution in [0.4, 0.5) is 0 Å². The summed E-state index contributed by atoms with van der Waals surface area (Å²) in [5.41, 5.74) is 1.04. The predicted molar refractivity (Wildman–Crippen MR) is 128 cm³/mol. The average molecular weight is 453 g/mol. The van der Waals surface area contributed by atoms with Gasteiger partial charge in [-0.25, -0.2) is 9.67 Å². The molecule has 2 aromatic rings. The van der Waals surface area contributed by atoms with Gasteiger partial charge in [-0.15, -0.1) is 5.10 Å². The molecule has 5 rings (SSSR count). The van der Waals surface area contributed by atoms with Crippen molar-refractivity contribution in [2.75, 3.05) is 0 Å². The minimum atomic E-state index is -0.526. The predicted octanol–water partition coefficient (Wildman–Crippen LogP) is 5.20. The van der Waals surface area contributed by atoms with E-state index >= 15 is 0 Å². The zero-order chi connectivity index (χ0) is 23.2. The van der Waals surface area contributed by atoms with Gasteiger partial charge < -0.3 is 5.11 Å². The highest BCUT2D eigenvalue weighted by molar-refractivity contribution is 5.83. The second-order valence-electron chi connectivity index (χ2n) is 11.7. The van der Waals surface area contributed by atoms with E-state index in [9.17, 15) is 9.90 Å². The number of ketones is 1. The van der Waals surface area contributed by atoms with E-state index in [-0.39, 0.29) is 11.3 Å². The quantitative estimate of drug-likeness (QED) is 0.625. The van der Waals surface area contributed by atoms with E-state index in [1.807, 2.05) is 19.1 Å². The molecule has 1 N–H and O–H groups in total. The van der Waals surface area contributed by atoms with Gasteiger partial charge in [0.2, 0.25) is 5.65 Å². The summed E-state index contributed by atoms with van der Waals surface area (Å²) >= 11 is 0. The first-order valence-corrected chi connectivity index (χ1v) is 13.2. The molecule has 2 heterocycles. The van der Waals surface area contributed by atoms with Crippen LogP contribution in [0.15, 0.2) is 18.3 Å². The summed E-state index contributed by atoms with van der Waals surface area (Å²) in [6, 6.07) is 3.82. The molecule has 0 amide bonds. The van der Waals surface area contributed by atoms with Gasteiger partial charge in [-0.1, -0.05) is 31.9 Å². The van der Waals surface area contributed by atoms with Crippen molar-refractivity contribution in [2.45, 2.75) is 97.1 Å². The smallest absolute Gasteiger partial charge is 0.201 e. The molecule has 0 aliphatic heterocycles. The van der Waals surface area contributed by atoms with Gasteiger partial charge in [-0.05, 0) is 99.5 Å². The highest BCUT2D eigenvalue weighted by atomic mass is 16.3. The summed E-state index contributed by atoms with van der Waals surface area (Å²) < 4.78 is 1.74. The van der Waals surface area contributed by atoms with Crippen molar-refractivity contribution in [1.82, 2.24) is 20.0 Å². The maximum Gasteiger partial charge on any atom is 0.201 e. The van der Waals surface area contributed by atoms with E-state index in [4.69, 9.17) is 0 Å². The Morgan fingerprint density at radius 1 is 1.24 bits per heavy atom. The maximum absolute atomic E-state index is 13.5. The first-order chi connectivity index (χ1) is 15.8. The van der Waals surface area contributed by atoms with Gasteiger partial charge >= 0.3 is 0 Å². The molecule has 0 spiro atoms. The monoisotopic (exact) mass is 452 g/mol. The van der Waals surface area contributed by atoms with Gasteiger partial charge in [-0.2, -0.15) is 0 Å². The fraction of sp³-hybridized carbons (Fsp3) is 0.778. The van der Waals surface area contributed by atoms with Crippen LogP contribution in [0, 0.1) is 35.0 Å². The highest BCUT2D eigenvalue weighted by Crippen LogP contribution is 2.63. The van der Waals surface area contributed by atoms with Crippen LogP contribution in [-0.2, 0) is 11.3 Å². The molecule has 6 nitrogen and oxygen atoms in total. The summed E-state index contributed by atoms with van der Waals surface area (Å²) in [4.78, 5) is 17.8. The van der Waals surface area contributed by atoms with Gasteiger partial charge in [-0.3, -0.25) is 4.79 Å². The second kappa shape index (κ2) is 8.75. The van der Waals surface area contributed by atoms with Crippen molar-refractivity contribution in [3.8, 4) is 0 Å². The molecule has 7 atom stereocenters. The number of hydrogen-bond acceptors (Lipinski definition) is 5. The van der Waals surface area contributed by atoms with E-state index in [2.05, 4.69) is 29.1 Å². The average Bonchev–Trinajstić information content (AvgIpc) is 3.38. The van der Waals surface area contributed by atoms with Gasteiger partial charge in [0.05, 0.1) is 5.60 Å². The Bertz CT molecular complexity index is 1000. The number of hydrogen-bond donors (Lipinski definition) is 1. The number of fused-ring (bicyclic) bond motifs is 4. The van der Waals surface area contributed by atoms with E-state index in [0.717, 1.165) is 55.4 Å². The number of carbonyl (C=O) groups is 1. The molecule has 1 unspecified atom stereocenters. The Morgan fingerprint density at radius 3 is 2.91 bits per heavy atom. The third kappa shape index (κ3) is 4.13. The molecule has 3 aliphatic rings. The normalized spacial score (nSPS) is 35.7. The minimum absolute atomic E-state index is 0.115. The van der Waals surface area contributed by atoms with Crippen molar-refractivity contribution in [3.05, 3.63) is 18.3 Å². The Hall–Kier alpha value is -1.82. The summed E-state index contributed by atoms with van der Waals surface area (Å²) in [7, 11) is 0. The number of pyridine rings is 1. The molecular weight excluding hydrogens is 412 g/mol. The van der Waals surface area contributed by atoms with Crippen molar-refractivity contribution in [2.24, 2.45) is 35.0 Å². The number of aromatic nitrogens is 4. The van der Waals surface area contributed by atoms with E-state index in [1.165, 1.54) is 32.1 Å². The Kier molecular flexibility index (Phi) is 6.09. The Balaban J connectivity index is 1.29. The lowest BCUT2D eigenvalue weighted by atomic mass is 9.52. The molecule has 0 aromatic carbocycles. The van der Waals surface area contributed by atoms with Crippen molar-refractivity contribution < 1.29 is 9.90 Å². The molecule has 0 saturated heterocycles. The molecule has 6 heteroatoms. The molecule has 2 aromatic heterocycles. The molecule has 0 bridgehead atoms. The number of carbonyl (C=O) groups excluding carboxylic acids is 1. The summed E-state index contributed by atoms with van der Waals surface area (Å²) in [5, 5.41) is 18.9. The van der Waals surface area contributed by atoms with Gasteiger partial charge in [0.25, 0.3) is 0 Å². The fourth-order valence-corrected chi connectivity index (χ4v) is 7.89. The lowest BCUT2D eigenvalue weighted by Crippen LogP contribution is -2.47. The third-order valence-corrected chi connectivity index (χ3v) is 10.0. The highest BCUT2D eigenvalue weighted by Gasteiger charge is 2.57. The summed E-state index contributed by atoms with van der Waals surface area (Å²) in [5.74, 6) is 3.39. The molecular formula is C27H40N4O2. The number of nitrogens with zero attached hydrogens (tertiary/aromatic N) is 4. The van der Waals surface area contributed by atoms with Crippen LogP contribution in [0.2, 0.25) is 0 Å². The van der Waals surface area contributed by atoms with Crippen LogP contribution in [0.1, 0.15) is 85.0 Å². The molecule has 180 valence electrons. The third-order valence-electron chi connectivity index (χ3n) is 10.0. The molecule has 33 heavy (non-hydrogen) atoms. The molecule has 3 aliphatic carbocycles. The van der Waals surface area contributed by atoms with Crippen LogP contribution < -0.4 is 0 Å². The second-order valence-corrected chi connectivity index (χ2v) is 11.7. The van der Waals surface area contributed by atoms with E-state index in [0.29, 0.717) is 23.9 Å². The topological polar surface area (TPSA) is 80.9 Å². The van der Waals surface area contributed by atoms with Crippen molar-refractivity contribution in [1.29, 1.82) is 0 Å². The fourth-order valence-electron chi connectivity index (χ4n) is 7.89. The number of Topliss-reactive ketones (excluding diaryl/α,β-unsaturated/α-hetero) is 1. The molecule has 3 saturated carbocycles.